The molecule has 3 N–H and O–H groups in total. The van der Waals surface area contributed by atoms with Crippen molar-refractivity contribution in [3.63, 3.8) is 0 Å². The molecule has 1 saturated carbocycles. The molecule has 1 aromatic rings. The third-order valence-electron chi connectivity index (χ3n) is 4.29. The van der Waals surface area contributed by atoms with Gasteiger partial charge in [-0.05, 0) is 23.8 Å². The van der Waals surface area contributed by atoms with E-state index >= 15 is 0 Å². The van der Waals surface area contributed by atoms with Crippen LogP contribution in [0.3, 0.4) is 0 Å². The Morgan fingerprint density at radius 2 is 1.90 bits per heavy atom. The average molecular weight is 286 g/mol. The van der Waals surface area contributed by atoms with E-state index in [1.54, 1.807) is 0 Å². The van der Waals surface area contributed by atoms with Gasteiger partial charge in [0.15, 0.2) is 0 Å². The number of nitrogens with one attached hydrogen (secondary N) is 1. The number of nitrogens with two attached hydrogens (primary N) is 1. The first-order valence-electron chi connectivity index (χ1n) is 7.10. The first-order valence-corrected chi connectivity index (χ1v) is 7.10. The van der Waals surface area contributed by atoms with E-state index in [9.17, 15) is 9.59 Å². The Labute approximate surface area is 123 Å². The van der Waals surface area contributed by atoms with E-state index in [0.29, 0.717) is 0 Å². The third-order valence-corrected chi connectivity index (χ3v) is 4.29. The number of ether oxygens (including phenoxy) is 1. The molecule has 0 spiro atoms. The summed E-state index contributed by atoms with van der Waals surface area (Å²) in [5.74, 6) is -0.367. The SMILES string of the molecule is NC(=O)[C@H]1[C@H](NC(=O)OCc2ccccc2)[C@H]2C=C[C@H]1C2. The van der Waals surface area contributed by atoms with Gasteiger partial charge in [-0.25, -0.2) is 4.79 Å². The molecule has 2 amide bonds. The second-order valence-corrected chi connectivity index (χ2v) is 5.61. The van der Waals surface area contributed by atoms with Crippen LogP contribution in [-0.2, 0) is 16.1 Å². The molecule has 0 heterocycles. The van der Waals surface area contributed by atoms with E-state index in [-0.39, 0.29) is 36.3 Å². The molecule has 2 bridgehead atoms. The zero-order chi connectivity index (χ0) is 14.8. The highest BCUT2D eigenvalue weighted by molar-refractivity contribution is 5.80. The van der Waals surface area contributed by atoms with Crippen LogP contribution in [0, 0.1) is 17.8 Å². The van der Waals surface area contributed by atoms with Gasteiger partial charge in [0, 0.05) is 0 Å². The maximum atomic E-state index is 11.9. The quantitative estimate of drug-likeness (QED) is 0.825. The largest absolute Gasteiger partial charge is 0.445 e. The van der Waals surface area contributed by atoms with Crippen LogP contribution in [0.2, 0.25) is 0 Å². The fourth-order valence-corrected chi connectivity index (χ4v) is 3.31. The van der Waals surface area contributed by atoms with E-state index < -0.39 is 6.09 Å². The van der Waals surface area contributed by atoms with Gasteiger partial charge in [0.05, 0.1) is 12.0 Å². The average Bonchev–Trinajstić information content (AvgIpc) is 3.07. The molecular weight excluding hydrogens is 268 g/mol. The minimum Gasteiger partial charge on any atom is -0.445 e. The number of primary amides is 1. The Kier molecular flexibility index (Phi) is 3.64. The number of hydrogen-bond acceptors (Lipinski definition) is 3. The molecule has 110 valence electrons. The summed E-state index contributed by atoms with van der Waals surface area (Å²) in [5.41, 5.74) is 6.37. The van der Waals surface area contributed by atoms with Crippen molar-refractivity contribution in [2.75, 3.05) is 0 Å². The lowest BCUT2D eigenvalue weighted by atomic mass is 9.88. The van der Waals surface area contributed by atoms with Gasteiger partial charge in [-0.15, -0.1) is 0 Å². The summed E-state index contributed by atoms with van der Waals surface area (Å²) in [4.78, 5) is 23.5. The lowest BCUT2D eigenvalue weighted by Gasteiger charge is -2.26. The first kappa shape index (κ1) is 13.7. The Morgan fingerprint density at radius 1 is 1.19 bits per heavy atom. The van der Waals surface area contributed by atoms with Crippen molar-refractivity contribution < 1.29 is 14.3 Å². The number of amides is 2. The normalized spacial score (nSPS) is 29.3. The van der Waals surface area contributed by atoms with E-state index in [2.05, 4.69) is 5.32 Å². The summed E-state index contributed by atoms with van der Waals surface area (Å²) in [6.07, 6.45) is 4.44. The molecule has 2 aliphatic rings. The number of rotatable bonds is 4. The van der Waals surface area contributed by atoms with Crippen molar-refractivity contribution in [3.8, 4) is 0 Å². The van der Waals surface area contributed by atoms with Crippen molar-refractivity contribution in [2.24, 2.45) is 23.5 Å². The van der Waals surface area contributed by atoms with E-state index in [4.69, 9.17) is 10.5 Å². The summed E-state index contributed by atoms with van der Waals surface area (Å²) in [7, 11) is 0. The standard InChI is InChI=1S/C16H18N2O3/c17-15(19)13-11-6-7-12(8-11)14(13)18-16(20)21-9-10-4-2-1-3-5-10/h1-7,11-14H,8-9H2,(H2,17,19)(H,18,20)/t11-,12-,13+,14+/m0/s1. The van der Waals surface area contributed by atoms with Gasteiger partial charge < -0.3 is 15.8 Å². The van der Waals surface area contributed by atoms with Crippen LogP contribution >= 0.6 is 0 Å². The number of carbonyl (C=O) groups excluding carboxylic acids is 2. The molecule has 0 aromatic heterocycles. The Bertz CT molecular complexity index is 570. The van der Waals surface area contributed by atoms with Gasteiger partial charge in [-0.2, -0.15) is 0 Å². The lowest BCUT2D eigenvalue weighted by Crippen LogP contribution is -2.47. The lowest BCUT2D eigenvalue weighted by molar-refractivity contribution is -0.123. The number of carbonyl (C=O) groups is 2. The van der Waals surface area contributed by atoms with Crippen LogP contribution in [0.5, 0.6) is 0 Å². The van der Waals surface area contributed by atoms with Crippen LogP contribution in [0.25, 0.3) is 0 Å². The molecule has 0 saturated heterocycles. The monoisotopic (exact) mass is 286 g/mol. The predicted molar refractivity (Wildman–Crippen MR) is 77.0 cm³/mol. The summed E-state index contributed by atoms with van der Waals surface area (Å²) in [6, 6.07) is 9.21. The molecular formula is C16H18N2O3. The van der Waals surface area contributed by atoms with E-state index in [1.807, 2.05) is 42.5 Å². The van der Waals surface area contributed by atoms with Gasteiger partial charge in [0.1, 0.15) is 6.61 Å². The van der Waals surface area contributed by atoms with Crippen LogP contribution in [-0.4, -0.2) is 18.0 Å². The number of fused-ring (bicyclic) bond motifs is 2. The molecule has 1 aromatic carbocycles. The van der Waals surface area contributed by atoms with Crippen molar-refractivity contribution in [1.82, 2.24) is 5.32 Å². The smallest absolute Gasteiger partial charge is 0.407 e. The molecule has 5 heteroatoms. The molecule has 5 nitrogen and oxygen atoms in total. The predicted octanol–water partition coefficient (Wildman–Crippen LogP) is 1.59. The van der Waals surface area contributed by atoms with Crippen molar-refractivity contribution in [2.45, 2.75) is 19.1 Å². The molecule has 0 aliphatic heterocycles. The number of alkyl carbamates (subject to hydrolysis) is 1. The zero-order valence-electron chi connectivity index (χ0n) is 11.6. The van der Waals surface area contributed by atoms with Gasteiger partial charge in [0.2, 0.25) is 5.91 Å². The Hall–Kier alpha value is -2.30. The highest BCUT2D eigenvalue weighted by Gasteiger charge is 2.48. The minimum absolute atomic E-state index is 0.145. The van der Waals surface area contributed by atoms with Crippen molar-refractivity contribution in [1.29, 1.82) is 0 Å². The molecule has 2 aliphatic carbocycles. The maximum Gasteiger partial charge on any atom is 0.407 e. The maximum absolute atomic E-state index is 11.9. The number of benzene rings is 1. The Balaban J connectivity index is 1.57. The minimum atomic E-state index is -0.504. The Morgan fingerprint density at radius 3 is 2.62 bits per heavy atom. The first-order chi connectivity index (χ1) is 10.1. The molecule has 0 radical (unpaired) electrons. The van der Waals surface area contributed by atoms with Crippen molar-refractivity contribution >= 4 is 12.0 Å². The van der Waals surface area contributed by atoms with Crippen LogP contribution in [0.15, 0.2) is 42.5 Å². The fourth-order valence-electron chi connectivity index (χ4n) is 3.31. The number of hydrogen-bond donors (Lipinski definition) is 2. The van der Waals surface area contributed by atoms with Gasteiger partial charge in [-0.1, -0.05) is 42.5 Å². The topological polar surface area (TPSA) is 81.4 Å². The summed E-state index contributed by atoms with van der Waals surface area (Å²) >= 11 is 0. The van der Waals surface area contributed by atoms with Crippen LogP contribution in [0.1, 0.15) is 12.0 Å². The summed E-state index contributed by atoms with van der Waals surface area (Å²) in [6.45, 7) is 0.213. The second-order valence-electron chi connectivity index (χ2n) is 5.61. The fraction of sp³-hybridized carbons (Fsp3) is 0.375. The van der Waals surface area contributed by atoms with Crippen LogP contribution < -0.4 is 11.1 Å². The van der Waals surface area contributed by atoms with Gasteiger partial charge >= 0.3 is 6.09 Å². The van der Waals surface area contributed by atoms with Gasteiger partial charge in [0.25, 0.3) is 0 Å². The highest BCUT2D eigenvalue weighted by atomic mass is 16.5. The molecule has 0 unspecified atom stereocenters. The highest BCUT2D eigenvalue weighted by Crippen LogP contribution is 2.43. The number of allylic oxidation sites excluding steroid dienone is 1. The molecule has 4 atom stereocenters. The second kappa shape index (κ2) is 5.60. The van der Waals surface area contributed by atoms with Crippen LogP contribution in [0.4, 0.5) is 4.79 Å². The molecule has 21 heavy (non-hydrogen) atoms. The summed E-state index contributed by atoms with van der Waals surface area (Å²) < 4.78 is 5.20. The van der Waals surface area contributed by atoms with Gasteiger partial charge in [-0.3, -0.25) is 4.79 Å². The molecule has 1 fully saturated rings. The van der Waals surface area contributed by atoms with E-state index in [1.165, 1.54) is 0 Å². The molecule has 3 rings (SSSR count). The summed E-state index contributed by atoms with van der Waals surface area (Å²) in [5, 5.41) is 2.80. The third kappa shape index (κ3) is 2.77. The zero-order valence-corrected chi connectivity index (χ0v) is 11.6. The van der Waals surface area contributed by atoms with Crippen molar-refractivity contribution in [3.05, 3.63) is 48.0 Å². The van der Waals surface area contributed by atoms with E-state index in [0.717, 1.165) is 12.0 Å².